The zero-order valence-corrected chi connectivity index (χ0v) is 49.7. The zero-order valence-electron chi connectivity index (χ0n) is 49.7. The first-order chi connectivity index (χ1) is 37.6. The topological polar surface area (TPSA) is 160 Å². The zero-order chi connectivity index (χ0) is 58.0. The SMILES string of the molecule is Cc1ccc(-n2c3ccccc3c3ccccc32)cc1.Cc1cccc(C)c1.Cc1ccccn1.Cc1nc(C)c(C)c(C)c1C.Cc1nc(C)c(C)c(C)n1.Cc1nc(C)nc(C)n1.Cc1ncccn1.Cc1ncncn1. The van der Waals surface area contributed by atoms with E-state index in [2.05, 4.69) is 217 Å². The van der Waals surface area contributed by atoms with E-state index >= 15 is 0 Å². The van der Waals surface area contributed by atoms with Gasteiger partial charge >= 0.3 is 0 Å². The van der Waals surface area contributed by atoms with Crippen LogP contribution in [-0.2, 0) is 0 Å². The van der Waals surface area contributed by atoms with Gasteiger partial charge in [0.05, 0.1) is 11.0 Å². The minimum absolute atomic E-state index is 0.759. The number of aryl methyl sites for hydroxylation is 14. The minimum atomic E-state index is 0.759. The van der Waals surface area contributed by atoms with Crippen LogP contribution in [0, 0.1) is 125 Å². The molecule has 0 unspecified atom stereocenters. The lowest BCUT2D eigenvalue weighted by atomic mass is 10.0. The Morgan fingerprint density at radius 2 is 0.709 bits per heavy atom. The highest BCUT2D eigenvalue weighted by atomic mass is 15.0. The molecule has 79 heavy (non-hydrogen) atoms. The molecular weight excluding hydrogens is 975 g/mol. The van der Waals surface area contributed by atoms with E-state index in [9.17, 15) is 0 Å². The Kier molecular flexibility index (Phi) is 25.4. The molecule has 0 aliphatic rings. The molecular formula is C66H79N13. The van der Waals surface area contributed by atoms with Crippen molar-refractivity contribution in [2.24, 2.45) is 0 Å². The molecule has 4 aromatic carbocycles. The summed E-state index contributed by atoms with van der Waals surface area (Å²) in [5.41, 5.74) is 18.5. The lowest BCUT2D eigenvalue weighted by Crippen LogP contribution is -1.98. The predicted molar refractivity (Wildman–Crippen MR) is 325 cm³/mol. The Hall–Kier alpha value is -8.84. The van der Waals surface area contributed by atoms with E-state index in [0.29, 0.717) is 0 Å². The third-order valence-electron chi connectivity index (χ3n) is 12.4. The van der Waals surface area contributed by atoms with Gasteiger partial charge in [-0.1, -0.05) is 95.6 Å². The van der Waals surface area contributed by atoms with Crippen LogP contribution in [0.2, 0.25) is 0 Å². The van der Waals surface area contributed by atoms with Gasteiger partial charge in [-0.25, -0.2) is 49.8 Å². The van der Waals surface area contributed by atoms with Crippen molar-refractivity contribution in [3.63, 3.8) is 0 Å². The van der Waals surface area contributed by atoms with Crippen molar-refractivity contribution < 1.29 is 0 Å². The van der Waals surface area contributed by atoms with E-state index in [1.807, 2.05) is 87.4 Å². The molecule has 13 nitrogen and oxygen atoms in total. The highest BCUT2D eigenvalue weighted by Crippen LogP contribution is 2.31. The number of aromatic nitrogens is 13. The molecule has 11 rings (SSSR count). The monoisotopic (exact) mass is 1050 g/mol. The van der Waals surface area contributed by atoms with Crippen LogP contribution in [0.4, 0.5) is 0 Å². The average Bonchev–Trinajstić information content (AvgIpc) is 3.89. The van der Waals surface area contributed by atoms with Gasteiger partial charge in [0, 0.05) is 63.5 Å². The van der Waals surface area contributed by atoms with Crippen LogP contribution in [0.25, 0.3) is 27.5 Å². The van der Waals surface area contributed by atoms with Gasteiger partial charge in [0.2, 0.25) is 0 Å². The van der Waals surface area contributed by atoms with Gasteiger partial charge in [-0.2, -0.15) is 0 Å². The molecule has 7 aromatic heterocycles. The summed E-state index contributed by atoms with van der Waals surface area (Å²) in [6.45, 7) is 36.1. The average molecular weight is 1050 g/mol. The molecule has 0 saturated carbocycles. The summed E-state index contributed by atoms with van der Waals surface area (Å²) in [5, 5.41) is 2.62. The van der Waals surface area contributed by atoms with Crippen molar-refractivity contribution in [3.8, 4) is 5.69 Å². The van der Waals surface area contributed by atoms with Gasteiger partial charge in [-0.3, -0.25) is 9.97 Å². The predicted octanol–water partition coefficient (Wildman–Crippen LogP) is 14.9. The fourth-order valence-corrected chi connectivity index (χ4v) is 7.78. The lowest BCUT2D eigenvalue weighted by Gasteiger charge is -2.09. The standard InChI is InChI=1S/C19H15N.C10H15N.C8H12N2.C8H10.C6H9N3.C6H7N.C5H6N2.C4H5N3/c1-14-10-12-15(13-11-14)20-18-8-4-2-6-16(18)17-7-3-5-9-19(17)20;1-6-7(2)9(4)11-10(5)8(6)3;1-5-6(2)9-8(4)10-7(5)3;1-7-4-3-5-8(2)6-7;1-4-7-5(2)9-6(3)8-4;1-6-4-2-3-5-7-6;1-5-6-3-2-4-7-5;1-4-6-2-5-3-7-4/h2-13H,1H3;1-5H3;1-4H3;3-6H,1-2H3;1-3H3;2-5H,1H3;2-4H,1H3;2-3H,1H3. The molecule has 0 fully saturated rings. The summed E-state index contributed by atoms with van der Waals surface area (Å²) in [4.78, 5) is 47.8. The highest BCUT2D eigenvalue weighted by Gasteiger charge is 2.11. The molecule has 0 atom stereocenters. The summed E-state index contributed by atoms with van der Waals surface area (Å²) in [6, 6.07) is 42.0. The Labute approximate surface area is 469 Å². The molecule has 13 heteroatoms. The third kappa shape index (κ3) is 21.2. The van der Waals surface area contributed by atoms with E-state index in [4.69, 9.17) is 0 Å². The summed E-state index contributed by atoms with van der Waals surface area (Å²) in [6.07, 6.45) is 8.19. The number of hydrogen-bond donors (Lipinski definition) is 0. The van der Waals surface area contributed by atoms with Gasteiger partial charge < -0.3 is 4.57 Å². The molecule has 0 N–H and O–H groups in total. The maximum Gasteiger partial charge on any atom is 0.129 e. The Balaban J connectivity index is 0.000000202. The second kappa shape index (κ2) is 32.0. The molecule has 11 aromatic rings. The van der Waals surface area contributed by atoms with Crippen LogP contribution in [0.3, 0.4) is 0 Å². The Morgan fingerprint density at radius 1 is 0.291 bits per heavy atom. The fraction of sp³-hybridized carbons (Fsp3) is 0.273. The normalized spacial score (nSPS) is 9.90. The first kappa shape index (κ1) is 62.7. The Morgan fingerprint density at radius 3 is 1.08 bits per heavy atom. The summed E-state index contributed by atoms with van der Waals surface area (Å²) in [5.74, 6) is 4.82. The molecule has 0 aliphatic heterocycles. The van der Waals surface area contributed by atoms with Crippen molar-refractivity contribution in [2.45, 2.75) is 125 Å². The van der Waals surface area contributed by atoms with Crippen molar-refractivity contribution in [2.75, 3.05) is 0 Å². The molecule has 0 amide bonds. The summed E-state index contributed by atoms with van der Waals surface area (Å²) < 4.78 is 2.34. The summed E-state index contributed by atoms with van der Waals surface area (Å²) in [7, 11) is 0. The first-order valence-corrected chi connectivity index (χ1v) is 26.3. The van der Waals surface area contributed by atoms with Crippen molar-refractivity contribution in [1.29, 1.82) is 0 Å². The second-order valence-electron chi connectivity index (χ2n) is 19.0. The van der Waals surface area contributed by atoms with Gasteiger partial charge in [0.1, 0.15) is 47.6 Å². The number of benzene rings is 4. The number of fused-ring (bicyclic) bond motifs is 3. The summed E-state index contributed by atoms with van der Waals surface area (Å²) >= 11 is 0. The molecule has 0 radical (unpaired) electrons. The number of para-hydroxylation sites is 2. The van der Waals surface area contributed by atoms with Crippen molar-refractivity contribution >= 4 is 21.8 Å². The van der Waals surface area contributed by atoms with Crippen LogP contribution in [0.5, 0.6) is 0 Å². The Bertz CT molecular complexity index is 3320. The fourth-order valence-electron chi connectivity index (χ4n) is 7.78. The van der Waals surface area contributed by atoms with Crippen LogP contribution >= 0.6 is 0 Å². The van der Waals surface area contributed by atoms with E-state index in [-0.39, 0.29) is 0 Å². The maximum absolute atomic E-state index is 4.43. The molecule has 0 aliphatic carbocycles. The third-order valence-corrected chi connectivity index (χ3v) is 12.4. The smallest absolute Gasteiger partial charge is 0.129 e. The van der Waals surface area contributed by atoms with E-state index in [1.54, 1.807) is 24.7 Å². The van der Waals surface area contributed by atoms with Crippen LogP contribution < -0.4 is 0 Å². The van der Waals surface area contributed by atoms with Gasteiger partial charge in [0.25, 0.3) is 0 Å². The number of hydrogen-bond acceptors (Lipinski definition) is 12. The second-order valence-corrected chi connectivity index (χ2v) is 19.0. The van der Waals surface area contributed by atoms with E-state index in [0.717, 1.165) is 63.4 Å². The minimum Gasteiger partial charge on any atom is -0.309 e. The lowest BCUT2D eigenvalue weighted by molar-refractivity contribution is 0.875. The molecule has 0 bridgehead atoms. The number of rotatable bonds is 1. The van der Waals surface area contributed by atoms with Gasteiger partial charge in [0.15, 0.2) is 0 Å². The van der Waals surface area contributed by atoms with Crippen molar-refractivity contribution in [1.82, 2.24) is 64.4 Å². The molecule has 0 saturated heterocycles. The quantitative estimate of drug-likeness (QED) is 0.153. The van der Waals surface area contributed by atoms with Gasteiger partial charge in [-0.15, -0.1) is 0 Å². The van der Waals surface area contributed by atoms with Gasteiger partial charge in [-0.05, 0) is 189 Å². The van der Waals surface area contributed by atoms with Crippen molar-refractivity contribution in [3.05, 3.63) is 255 Å². The van der Waals surface area contributed by atoms with Crippen LogP contribution in [0.1, 0.15) is 102 Å². The first-order valence-electron chi connectivity index (χ1n) is 26.3. The molecule has 7 heterocycles. The molecule has 408 valence electrons. The number of nitrogens with zero attached hydrogens (tertiary/aromatic N) is 13. The van der Waals surface area contributed by atoms with Crippen LogP contribution in [-0.4, -0.2) is 64.4 Å². The molecule has 0 spiro atoms. The largest absolute Gasteiger partial charge is 0.309 e. The maximum atomic E-state index is 4.43. The van der Waals surface area contributed by atoms with Crippen LogP contribution in [0.15, 0.2) is 153 Å². The van der Waals surface area contributed by atoms with E-state index < -0.39 is 0 Å². The highest BCUT2D eigenvalue weighted by molar-refractivity contribution is 6.09. The van der Waals surface area contributed by atoms with E-state index in [1.165, 1.54) is 79.1 Å². The number of pyridine rings is 2.